The molecular weight excluding hydrogens is 203 g/mol. The van der Waals surface area contributed by atoms with Gasteiger partial charge in [0.15, 0.2) is 0 Å². The summed E-state index contributed by atoms with van der Waals surface area (Å²) >= 11 is 5.64. The van der Waals surface area contributed by atoms with Gasteiger partial charge in [0.25, 0.3) is 0 Å². The van der Waals surface area contributed by atoms with Crippen LogP contribution in [0.5, 0.6) is 0 Å². The Labute approximate surface area is 85.8 Å². The molecule has 0 unspecified atom stereocenters. The topological polar surface area (TPSA) is 25.8 Å². The van der Waals surface area contributed by atoms with Crippen molar-refractivity contribution < 1.29 is 4.39 Å². The van der Waals surface area contributed by atoms with E-state index in [0.29, 0.717) is 11.0 Å². The summed E-state index contributed by atoms with van der Waals surface area (Å²) in [5.74, 6) is -0.461. The number of halogens is 2. The van der Waals surface area contributed by atoms with Crippen molar-refractivity contribution in [1.29, 1.82) is 0 Å². The van der Waals surface area contributed by atoms with Crippen LogP contribution in [-0.4, -0.2) is 9.97 Å². The molecule has 0 bridgehead atoms. The lowest BCUT2D eigenvalue weighted by Gasteiger charge is -2.02. The lowest BCUT2D eigenvalue weighted by Crippen LogP contribution is -1.94. The maximum atomic E-state index is 13.1. The number of aromatic nitrogens is 2. The average Bonchev–Trinajstić information content (AvgIpc) is 2.11. The van der Waals surface area contributed by atoms with Gasteiger partial charge in [-0.25, -0.2) is 14.4 Å². The zero-order chi connectivity index (χ0) is 10.3. The molecule has 0 spiro atoms. The summed E-state index contributed by atoms with van der Waals surface area (Å²) in [4.78, 5) is 8.48. The molecule has 72 valence electrons. The summed E-state index contributed by atoms with van der Waals surface area (Å²) in [5.41, 5.74) is 2.80. The Morgan fingerprint density at radius 2 is 1.57 bits per heavy atom. The minimum absolute atomic E-state index is 0.0788. The Morgan fingerprint density at radius 1 is 1.07 bits per heavy atom. The molecule has 2 aromatic rings. The SMILES string of the molecule is Cc1nc2cc(F)c(Cl)cc2nc1C. The third-order valence-corrected chi connectivity index (χ3v) is 2.41. The molecular formula is C10H8ClFN2. The van der Waals surface area contributed by atoms with Crippen LogP contribution in [0.25, 0.3) is 11.0 Å². The van der Waals surface area contributed by atoms with Crippen LogP contribution >= 0.6 is 11.6 Å². The Balaban J connectivity index is 2.83. The monoisotopic (exact) mass is 210 g/mol. The number of hydrogen-bond donors (Lipinski definition) is 0. The van der Waals surface area contributed by atoms with Crippen LogP contribution in [0.3, 0.4) is 0 Å². The van der Waals surface area contributed by atoms with Crippen LogP contribution in [0, 0.1) is 19.7 Å². The van der Waals surface area contributed by atoms with E-state index < -0.39 is 5.82 Å². The fraction of sp³-hybridized carbons (Fsp3) is 0.200. The fourth-order valence-electron chi connectivity index (χ4n) is 1.23. The minimum Gasteiger partial charge on any atom is -0.250 e. The van der Waals surface area contributed by atoms with Crippen molar-refractivity contribution in [2.45, 2.75) is 13.8 Å². The van der Waals surface area contributed by atoms with E-state index in [-0.39, 0.29) is 5.02 Å². The average molecular weight is 211 g/mol. The standard InChI is InChI=1S/C10H8ClFN2/c1-5-6(2)14-10-4-8(12)7(11)3-9(10)13-5/h3-4H,1-2H3. The molecule has 0 atom stereocenters. The zero-order valence-electron chi connectivity index (χ0n) is 7.81. The number of nitrogens with zero attached hydrogens (tertiary/aromatic N) is 2. The Hall–Kier alpha value is -1.22. The zero-order valence-corrected chi connectivity index (χ0v) is 8.56. The highest BCUT2D eigenvalue weighted by Crippen LogP contribution is 2.21. The summed E-state index contributed by atoms with van der Waals surface area (Å²) < 4.78 is 13.1. The van der Waals surface area contributed by atoms with Crippen molar-refractivity contribution in [3.05, 3.63) is 34.4 Å². The molecule has 14 heavy (non-hydrogen) atoms. The van der Waals surface area contributed by atoms with Crippen LogP contribution < -0.4 is 0 Å². The van der Waals surface area contributed by atoms with Gasteiger partial charge in [0, 0.05) is 6.07 Å². The van der Waals surface area contributed by atoms with Gasteiger partial charge in [0.2, 0.25) is 0 Å². The van der Waals surface area contributed by atoms with E-state index in [0.717, 1.165) is 11.4 Å². The predicted molar refractivity (Wildman–Crippen MR) is 54.0 cm³/mol. The largest absolute Gasteiger partial charge is 0.250 e. The smallest absolute Gasteiger partial charge is 0.144 e. The van der Waals surface area contributed by atoms with Crippen molar-refractivity contribution in [3.63, 3.8) is 0 Å². The van der Waals surface area contributed by atoms with Crippen molar-refractivity contribution in [2.24, 2.45) is 0 Å². The molecule has 1 aromatic carbocycles. The molecule has 1 aromatic heterocycles. The summed E-state index contributed by atoms with van der Waals surface area (Å²) in [6.07, 6.45) is 0. The second-order valence-corrected chi connectivity index (χ2v) is 3.56. The second-order valence-electron chi connectivity index (χ2n) is 3.15. The third kappa shape index (κ3) is 1.44. The molecule has 0 aliphatic carbocycles. The van der Waals surface area contributed by atoms with Crippen LogP contribution in [0.2, 0.25) is 5.02 Å². The molecule has 0 aliphatic heterocycles. The van der Waals surface area contributed by atoms with Gasteiger partial charge >= 0.3 is 0 Å². The van der Waals surface area contributed by atoms with Gasteiger partial charge in [0.05, 0.1) is 27.4 Å². The summed E-state index contributed by atoms with van der Waals surface area (Å²) in [7, 11) is 0. The molecule has 0 saturated heterocycles. The van der Waals surface area contributed by atoms with Gasteiger partial charge in [-0.3, -0.25) is 0 Å². The van der Waals surface area contributed by atoms with E-state index >= 15 is 0 Å². The highest BCUT2D eigenvalue weighted by atomic mass is 35.5. The van der Waals surface area contributed by atoms with Crippen LogP contribution in [0.4, 0.5) is 4.39 Å². The normalized spacial score (nSPS) is 10.9. The van der Waals surface area contributed by atoms with Gasteiger partial charge < -0.3 is 0 Å². The van der Waals surface area contributed by atoms with Crippen LogP contribution in [-0.2, 0) is 0 Å². The summed E-state index contributed by atoms with van der Waals surface area (Å²) in [6, 6.07) is 2.79. The van der Waals surface area contributed by atoms with Crippen LogP contribution in [0.15, 0.2) is 12.1 Å². The molecule has 0 aliphatic rings. The van der Waals surface area contributed by atoms with Crippen molar-refractivity contribution in [2.75, 3.05) is 0 Å². The molecule has 0 radical (unpaired) electrons. The number of fused-ring (bicyclic) bond motifs is 1. The van der Waals surface area contributed by atoms with Gasteiger partial charge in [-0.2, -0.15) is 0 Å². The second kappa shape index (κ2) is 3.17. The molecule has 0 N–H and O–H groups in total. The minimum atomic E-state index is -0.461. The molecule has 0 fully saturated rings. The molecule has 0 saturated carbocycles. The van der Waals surface area contributed by atoms with E-state index in [4.69, 9.17) is 11.6 Å². The van der Waals surface area contributed by atoms with E-state index in [1.54, 1.807) is 0 Å². The van der Waals surface area contributed by atoms with E-state index in [2.05, 4.69) is 9.97 Å². The van der Waals surface area contributed by atoms with E-state index in [1.165, 1.54) is 12.1 Å². The third-order valence-electron chi connectivity index (χ3n) is 2.12. The molecule has 0 amide bonds. The molecule has 2 nitrogen and oxygen atoms in total. The lowest BCUT2D eigenvalue weighted by molar-refractivity contribution is 0.629. The maximum absolute atomic E-state index is 13.1. The first-order chi connectivity index (χ1) is 6.58. The van der Waals surface area contributed by atoms with E-state index in [9.17, 15) is 4.39 Å². The first-order valence-corrected chi connectivity index (χ1v) is 4.56. The Morgan fingerprint density at radius 3 is 2.14 bits per heavy atom. The van der Waals surface area contributed by atoms with Crippen molar-refractivity contribution in [1.82, 2.24) is 9.97 Å². The van der Waals surface area contributed by atoms with Crippen molar-refractivity contribution in [3.8, 4) is 0 Å². The number of rotatable bonds is 0. The van der Waals surface area contributed by atoms with E-state index in [1.807, 2.05) is 13.8 Å². The quantitative estimate of drug-likeness (QED) is 0.668. The molecule has 2 rings (SSSR count). The highest BCUT2D eigenvalue weighted by molar-refractivity contribution is 6.31. The Bertz CT molecular complexity index is 422. The van der Waals surface area contributed by atoms with Gasteiger partial charge in [0.1, 0.15) is 5.82 Å². The fourth-order valence-corrected chi connectivity index (χ4v) is 1.39. The van der Waals surface area contributed by atoms with Gasteiger partial charge in [-0.05, 0) is 19.9 Å². The maximum Gasteiger partial charge on any atom is 0.144 e. The molecule has 4 heteroatoms. The number of benzene rings is 1. The lowest BCUT2D eigenvalue weighted by atomic mass is 10.2. The first kappa shape index (κ1) is 9.34. The highest BCUT2D eigenvalue weighted by Gasteiger charge is 2.06. The molecule has 1 heterocycles. The number of aryl methyl sites for hydroxylation is 2. The summed E-state index contributed by atoms with van der Waals surface area (Å²) in [5, 5.41) is 0.0788. The Kier molecular flexibility index (Phi) is 2.11. The first-order valence-electron chi connectivity index (χ1n) is 4.18. The summed E-state index contributed by atoms with van der Waals surface area (Å²) in [6.45, 7) is 3.70. The van der Waals surface area contributed by atoms with Crippen LogP contribution in [0.1, 0.15) is 11.4 Å². The van der Waals surface area contributed by atoms with Gasteiger partial charge in [-0.1, -0.05) is 11.6 Å². The number of hydrogen-bond acceptors (Lipinski definition) is 2. The van der Waals surface area contributed by atoms with Gasteiger partial charge in [-0.15, -0.1) is 0 Å². The predicted octanol–water partition coefficient (Wildman–Crippen LogP) is 3.04. The van der Waals surface area contributed by atoms with Crippen molar-refractivity contribution >= 4 is 22.6 Å².